The lowest BCUT2D eigenvalue weighted by Gasteiger charge is -2.19. The van der Waals surface area contributed by atoms with E-state index in [9.17, 15) is 9.59 Å². The lowest BCUT2D eigenvalue weighted by Crippen LogP contribution is -2.35. The number of hydrogen-bond acceptors (Lipinski definition) is 5. The molecule has 0 bridgehead atoms. The van der Waals surface area contributed by atoms with Crippen molar-refractivity contribution in [3.8, 4) is 0 Å². The van der Waals surface area contributed by atoms with Gasteiger partial charge in [0.2, 0.25) is 0 Å². The number of nitrogens with zero attached hydrogens (tertiary/aromatic N) is 2. The minimum absolute atomic E-state index is 0.205. The molecule has 0 radical (unpaired) electrons. The molecule has 1 aromatic rings. The molecule has 1 aliphatic rings. The van der Waals surface area contributed by atoms with E-state index in [0.29, 0.717) is 25.3 Å². The Labute approximate surface area is 115 Å². The number of amides is 1. The Kier molecular flexibility index (Phi) is 3.86. The molecule has 1 fully saturated rings. The lowest BCUT2D eigenvalue weighted by atomic mass is 9.90. The summed E-state index contributed by atoms with van der Waals surface area (Å²) in [7, 11) is 1.57. The van der Waals surface area contributed by atoms with Crippen molar-refractivity contribution in [2.24, 2.45) is 5.41 Å². The maximum Gasteiger partial charge on any atom is 0.311 e. The van der Waals surface area contributed by atoms with Crippen molar-refractivity contribution in [2.75, 3.05) is 20.2 Å². The number of ether oxygens (including phenoxy) is 1. The highest BCUT2D eigenvalue weighted by molar-refractivity contribution is 7.09. The van der Waals surface area contributed by atoms with Crippen LogP contribution in [0.25, 0.3) is 0 Å². The van der Waals surface area contributed by atoms with Crippen LogP contribution in [0.5, 0.6) is 0 Å². The fourth-order valence-electron chi connectivity index (χ4n) is 2.07. The summed E-state index contributed by atoms with van der Waals surface area (Å²) in [6, 6.07) is 0. The molecular formula is C12H16N2O4S. The van der Waals surface area contributed by atoms with Crippen LogP contribution in [-0.2, 0) is 16.1 Å². The fourth-order valence-corrected chi connectivity index (χ4v) is 2.81. The summed E-state index contributed by atoms with van der Waals surface area (Å²) in [5.41, 5.74) is -0.479. The average Bonchev–Trinajstić information content (AvgIpc) is 2.97. The summed E-state index contributed by atoms with van der Waals surface area (Å²) in [4.78, 5) is 29.1. The molecule has 1 atom stereocenters. The Balaban J connectivity index is 2.06. The number of carboxylic acid groups (broad SMARTS) is 1. The Hall–Kier alpha value is -1.47. The number of carbonyl (C=O) groups excluding carboxylic acids is 1. The zero-order valence-corrected chi connectivity index (χ0v) is 11.7. The quantitative estimate of drug-likeness (QED) is 0.899. The predicted octanol–water partition coefficient (Wildman–Crippen LogP) is 1.23. The predicted molar refractivity (Wildman–Crippen MR) is 69.1 cm³/mol. The number of aromatic nitrogens is 1. The van der Waals surface area contributed by atoms with Crippen LogP contribution in [-0.4, -0.2) is 47.1 Å². The third-order valence-corrected chi connectivity index (χ3v) is 4.14. The van der Waals surface area contributed by atoms with Crippen molar-refractivity contribution in [3.05, 3.63) is 16.1 Å². The van der Waals surface area contributed by atoms with Crippen LogP contribution in [0, 0.1) is 5.41 Å². The van der Waals surface area contributed by atoms with E-state index >= 15 is 0 Å². The van der Waals surface area contributed by atoms with Gasteiger partial charge in [0.15, 0.2) is 0 Å². The first kappa shape index (κ1) is 14.0. The molecule has 0 spiro atoms. The van der Waals surface area contributed by atoms with Crippen LogP contribution in [0.4, 0.5) is 0 Å². The second-order valence-electron chi connectivity index (χ2n) is 4.90. The highest BCUT2D eigenvalue weighted by Crippen LogP contribution is 2.31. The monoisotopic (exact) mass is 284 g/mol. The summed E-state index contributed by atoms with van der Waals surface area (Å²) in [6.45, 7) is 2.74. The molecule has 1 N–H and O–H groups in total. The minimum Gasteiger partial charge on any atom is -0.481 e. The third-order valence-electron chi connectivity index (χ3n) is 3.32. The number of rotatable bonds is 4. The van der Waals surface area contributed by atoms with Gasteiger partial charge < -0.3 is 14.7 Å². The van der Waals surface area contributed by atoms with Gasteiger partial charge in [-0.1, -0.05) is 0 Å². The molecule has 1 saturated heterocycles. The molecule has 0 aromatic carbocycles. The van der Waals surface area contributed by atoms with Gasteiger partial charge in [-0.15, -0.1) is 11.3 Å². The highest BCUT2D eigenvalue weighted by atomic mass is 32.1. The molecule has 0 aliphatic carbocycles. The molecule has 1 amide bonds. The molecule has 2 rings (SSSR count). The fraction of sp³-hybridized carbons (Fsp3) is 0.583. The van der Waals surface area contributed by atoms with Gasteiger partial charge in [0, 0.05) is 25.6 Å². The van der Waals surface area contributed by atoms with E-state index < -0.39 is 11.4 Å². The van der Waals surface area contributed by atoms with Crippen molar-refractivity contribution < 1.29 is 19.4 Å². The zero-order chi connectivity index (χ0) is 14.0. The van der Waals surface area contributed by atoms with Gasteiger partial charge in [0.1, 0.15) is 10.7 Å². The van der Waals surface area contributed by atoms with E-state index in [1.807, 2.05) is 0 Å². The van der Waals surface area contributed by atoms with Crippen LogP contribution < -0.4 is 0 Å². The Morgan fingerprint density at radius 1 is 1.63 bits per heavy atom. The number of thiazole rings is 1. The molecule has 7 heteroatoms. The van der Waals surface area contributed by atoms with E-state index in [4.69, 9.17) is 9.84 Å². The Bertz CT molecular complexity index is 502. The number of likely N-dealkylation sites (tertiary alicyclic amines) is 1. The maximum absolute atomic E-state index is 12.2. The Morgan fingerprint density at radius 3 is 2.95 bits per heavy atom. The average molecular weight is 284 g/mol. The van der Waals surface area contributed by atoms with Crippen LogP contribution in [0.2, 0.25) is 0 Å². The zero-order valence-electron chi connectivity index (χ0n) is 10.9. The molecule has 19 heavy (non-hydrogen) atoms. The van der Waals surface area contributed by atoms with E-state index in [-0.39, 0.29) is 12.5 Å². The maximum atomic E-state index is 12.2. The van der Waals surface area contributed by atoms with Crippen molar-refractivity contribution in [3.63, 3.8) is 0 Å². The first-order valence-corrected chi connectivity index (χ1v) is 6.80. The molecule has 1 aliphatic heterocycles. The van der Waals surface area contributed by atoms with Gasteiger partial charge >= 0.3 is 5.97 Å². The normalized spacial score (nSPS) is 22.7. The molecule has 6 nitrogen and oxygen atoms in total. The Morgan fingerprint density at radius 2 is 2.37 bits per heavy atom. The topological polar surface area (TPSA) is 79.7 Å². The lowest BCUT2D eigenvalue weighted by molar-refractivity contribution is -0.147. The van der Waals surface area contributed by atoms with Gasteiger partial charge in [-0.2, -0.15) is 0 Å². The molecule has 104 valence electrons. The van der Waals surface area contributed by atoms with Crippen LogP contribution in [0.1, 0.15) is 28.8 Å². The molecule has 2 heterocycles. The number of carboxylic acids is 1. The second-order valence-corrected chi connectivity index (χ2v) is 5.84. The van der Waals surface area contributed by atoms with Gasteiger partial charge in [-0.05, 0) is 13.3 Å². The minimum atomic E-state index is -0.860. The molecule has 1 unspecified atom stereocenters. The standard InChI is InChI=1S/C12H16N2O4S/c1-12(11(16)17)3-4-14(7-12)10(15)8-6-19-9(13-8)5-18-2/h6H,3-5,7H2,1-2H3,(H,16,17). The summed E-state index contributed by atoms with van der Waals surface area (Å²) in [6.07, 6.45) is 0.475. The number of hydrogen-bond donors (Lipinski definition) is 1. The van der Waals surface area contributed by atoms with Gasteiger partial charge in [0.25, 0.3) is 5.91 Å². The smallest absolute Gasteiger partial charge is 0.311 e. The van der Waals surface area contributed by atoms with Crippen molar-refractivity contribution in [1.29, 1.82) is 0 Å². The first-order valence-electron chi connectivity index (χ1n) is 5.92. The van der Waals surface area contributed by atoms with Crippen LogP contribution in [0.15, 0.2) is 5.38 Å². The van der Waals surface area contributed by atoms with Gasteiger partial charge in [-0.25, -0.2) is 4.98 Å². The van der Waals surface area contributed by atoms with E-state index in [1.165, 1.54) is 11.3 Å². The van der Waals surface area contributed by atoms with Gasteiger partial charge in [0.05, 0.1) is 12.0 Å². The largest absolute Gasteiger partial charge is 0.481 e. The molecule has 0 saturated carbocycles. The second kappa shape index (κ2) is 5.26. The first-order chi connectivity index (χ1) is 8.96. The number of aliphatic carboxylic acids is 1. The number of carbonyl (C=O) groups is 2. The number of methoxy groups -OCH3 is 1. The summed E-state index contributed by atoms with van der Waals surface area (Å²) in [5, 5.41) is 11.6. The molecular weight excluding hydrogens is 268 g/mol. The van der Waals surface area contributed by atoms with E-state index in [2.05, 4.69) is 4.98 Å². The van der Waals surface area contributed by atoms with Gasteiger partial charge in [-0.3, -0.25) is 9.59 Å². The van der Waals surface area contributed by atoms with Crippen LogP contribution in [0.3, 0.4) is 0 Å². The third kappa shape index (κ3) is 2.76. The van der Waals surface area contributed by atoms with Crippen molar-refractivity contribution >= 4 is 23.2 Å². The van der Waals surface area contributed by atoms with Crippen LogP contribution >= 0.6 is 11.3 Å². The highest BCUT2D eigenvalue weighted by Gasteiger charge is 2.42. The SMILES string of the molecule is COCc1nc(C(=O)N2CCC(C)(C(=O)O)C2)cs1. The van der Waals surface area contributed by atoms with E-state index in [0.717, 1.165) is 5.01 Å². The van der Waals surface area contributed by atoms with E-state index in [1.54, 1.807) is 24.3 Å². The summed E-state index contributed by atoms with van der Waals surface area (Å²) < 4.78 is 4.96. The summed E-state index contributed by atoms with van der Waals surface area (Å²) in [5.74, 6) is -1.07. The van der Waals surface area contributed by atoms with Crippen molar-refractivity contribution in [2.45, 2.75) is 20.0 Å². The van der Waals surface area contributed by atoms with Crippen molar-refractivity contribution in [1.82, 2.24) is 9.88 Å². The summed E-state index contributed by atoms with van der Waals surface area (Å²) >= 11 is 1.37. The molecule has 1 aromatic heterocycles.